The van der Waals surface area contributed by atoms with Crippen LogP contribution in [0.2, 0.25) is 0 Å². The van der Waals surface area contributed by atoms with Crippen molar-refractivity contribution in [3.8, 4) is 0 Å². The van der Waals surface area contributed by atoms with Crippen molar-refractivity contribution < 1.29 is 65.1 Å². The molecule has 12 heteroatoms. The Morgan fingerprint density at radius 1 is 0.824 bits per heavy atom. The van der Waals surface area contributed by atoms with E-state index >= 15 is 0 Å². The van der Waals surface area contributed by atoms with Crippen LogP contribution in [0.5, 0.6) is 0 Å². The summed E-state index contributed by atoms with van der Waals surface area (Å²) in [5, 5.41) is 8.54. The summed E-state index contributed by atoms with van der Waals surface area (Å²) in [4.78, 5) is 11.5. The molecule has 0 heterocycles. The number of rotatable bonds is 24. The van der Waals surface area contributed by atoms with Crippen molar-refractivity contribution in [2.75, 3.05) is 33.2 Å². The zero-order valence-electron chi connectivity index (χ0n) is 21.0. The van der Waals surface area contributed by atoms with E-state index in [0.29, 0.717) is 6.61 Å². The Bertz CT molecular complexity index is 488. The van der Waals surface area contributed by atoms with Crippen LogP contribution in [0.25, 0.3) is 0 Å². The van der Waals surface area contributed by atoms with E-state index in [1.807, 2.05) is 0 Å². The molecule has 0 bridgehead atoms. The van der Waals surface area contributed by atoms with E-state index < -0.39 is 40.1 Å². The first kappa shape index (κ1) is 36.5. The second-order valence-electron chi connectivity index (χ2n) is 8.23. The summed E-state index contributed by atoms with van der Waals surface area (Å²) in [5.74, 6) is 0. The van der Waals surface area contributed by atoms with Crippen molar-refractivity contribution in [1.29, 1.82) is 0 Å². The summed E-state index contributed by atoms with van der Waals surface area (Å²) < 4.78 is 66.5. The Morgan fingerprint density at radius 3 is 1.71 bits per heavy atom. The van der Waals surface area contributed by atoms with E-state index in [2.05, 4.69) is 20.7 Å². The van der Waals surface area contributed by atoms with Crippen LogP contribution < -0.4 is 23.8 Å². The molecule has 2 atom stereocenters. The van der Waals surface area contributed by atoms with E-state index in [4.69, 9.17) is 9.84 Å². The van der Waals surface area contributed by atoms with Gasteiger partial charge in [-0.3, -0.25) is 9.09 Å². The molecule has 1 unspecified atom stereocenters. The summed E-state index contributed by atoms with van der Waals surface area (Å²) in [6.45, 7) is -1.00. The Morgan fingerprint density at radius 2 is 1.26 bits per heavy atom. The molecule has 0 aromatic carbocycles. The zero-order chi connectivity index (χ0) is 24.8. The molecule has 0 aliphatic heterocycles. The van der Waals surface area contributed by atoms with Crippen LogP contribution in [0.15, 0.2) is 0 Å². The summed E-state index contributed by atoms with van der Waals surface area (Å²) in [5.41, 5.74) is 0. The van der Waals surface area contributed by atoms with Gasteiger partial charge in [-0.15, -0.1) is 0 Å². The second-order valence-corrected chi connectivity index (χ2v) is 9.60. The van der Waals surface area contributed by atoms with Crippen molar-refractivity contribution >= 4 is 7.82 Å². The SMILES string of the molecule is CCCCCCCCCCCCCCCCOC[C@@H](COCC(F)(F)F)OP(=O)([O-])OCO.[Li+]. The fourth-order valence-corrected chi connectivity index (χ4v) is 4.00. The Balaban J connectivity index is 0. The van der Waals surface area contributed by atoms with Gasteiger partial charge in [0.1, 0.15) is 12.7 Å². The predicted octanol–water partition coefficient (Wildman–Crippen LogP) is 2.89. The van der Waals surface area contributed by atoms with Crippen molar-refractivity contribution in [3.05, 3.63) is 0 Å². The Hall–Kier alpha value is 0.377. The minimum atomic E-state index is -4.86. The van der Waals surface area contributed by atoms with Gasteiger partial charge in [0.05, 0.1) is 13.2 Å². The van der Waals surface area contributed by atoms with Crippen molar-refractivity contribution in [2.45, 2.75) is 109 Å². The number of phosphoric ester groups is 1. The molecular formula is C22H43F3LiO7P. The van der Waals surface area contributed by atoms with Gasteiger partial charge >= 0.3 is 25.0 Å². The molecule has 1 N–H and O–H groups in total. The van der Waals surface area contributed by atoms with Gasteiger partial charge in [0.2, 0.25) is 0 Å². The maximum Gasteiger partial charge on any atom is 1.00 e. The van der Waals surface area contributed by atoms with Crippen molar-refractivity contribution in [1.82, 2.24) is 0 Å². The molecule has 7 nitrogen and oxygen atoms in total. The number of aliphatic hydroxyl groups is 1. The largest absolute Gasteiger partial charge is 1.00 e. The van der Waals surface area contributed by atoms with Gasteiger partial charge in [0.15, 0.2) is 6.79 Å². The fourth-order valence-electron chi connectivity index (χ4n) is 3.31. The molecule has 0 rings (SSSR count). The molecule has 0 fully saturated rings. The van der Waals surface area contributed by atoms with Crippen LogP contribution >= 0.6 is 7.82 Å². The van der Waals surface area contributed by atoms with Gasteiger partial charge < -0.3 is 24.0 Å². The van der Waals surface area contributed by atoms with Crippen LogP contribution in [0.4, 0.5) is 13.2 Å². The number of halogens is 3. The van der Waals surface area contributed by atoms with E-state index in [1.54, 1.807) is 0 Å². The number of hydrogen-bond acceptors (Lipinski definition) is 7. The molecule has 0 saturated carbocycles. The quantitative estimate of drug-likeness (QED) is 0.0916. The smallest absolute Gasteiger partial charge is 0.756 e. The van der Waals surface area contributed by atoms with Crippen LogP contribution in [0, 0.1) is 0 Å². The summed E-state index contributed by atoms with van der Waals surface area (Å²) in [7, 11) is -4.86. The molecule has 0 radical (unpaired) electrons. The maximum absolute atomic E-state index is 12.2. The number of ether oxygens (including phenoxy) is 2. The number of hydrogen-bond donors (Lipinski definition) is 1. The van der Waals surface area contributed by atoms with E-state index in [-0.39, 0.29) is 25.5 Å². The number of unbranched alkanes of at least 4 members (excludes halogenated alkanes) is 13. The molecule has 0 aliphatic rings. The first-order valence-electron chi connectivity index (χ1n) is 12.2. The number of alkyl halides is 3. The summed E-state index contributed by atoms with van der Waals surface area (Å²) in [6.07, 6.45) is 11.2. The maximum atomic E-state index is 12.2. The molecular weight excluding hydrogens is 471 g/mol. The molecule has 0 aliphatic carbocycles. The van der Waals surface area contributed by atoms with Gasteiger partial charge in [0, 0.05) is 6.61 Å². The minimum Gasteiger partial charge on any atom is -0.756 e. The van der Waals surface area contributed by atoms with Crippen LogP contribution in [-0.2, 0) is 23.1 Å². The molecule has 0 amide bonds. The third-order valence-corrected chi connectivity index (χ3v) is 6.00. The van der Waals surface area contributed by atoms with Crippen molar-refractivity contribution in [3.63, 3.8) is 0 Å². The average molecular weight is 514 g/mol. The monoisotopic (exact) mass is 514 g/mol. The van der Waals surface area contributed by atoms with Gasteiger partial charge in [-0.1, -0.05) is 90.4 Å². The Labute approximate surface area is 215 Å². The third kappa shape index (κ3) is 27.0. The zero-order valence-corrected chi connectivity index (χ0v) is 21.9. The number of phosphoric acid groups is 1. The molecule has 0 spiro atoms. The molecule has 0 saturated heterocycles. The van der Waals surface area contributed by atoms with E-state index in [9.17, 15) is 22.6 Å². The Kier molecular flexibility index (Phi) is 25.5. The van der Waals surface area contributed by atoms with Crippen LogP contribution in [0.3, 0.4) is 0 Å². The first-order valence-corrected chi connectivity index (χ1v) is 13.6. The van der Waals surface area contributed by atoms with Gasteiger partial charge in [-0.05, 0) is 6.42 Å². The molecule has 34 heavy (non-hydrogen) atoms. The molecule has 0 aromatic rings. The van der Waals surface area contributed by atoms with Gasteiger partial charge in [0.25, 0.3) is 7.82 Å². The second kappa shape index (κ2) is 23.8. The van der Waals surface area contributed by atoms with Crippen molar-refractivity contribution in [2.24, 2.45) is 0 Å². The van der Waals surface area contributed by atoms with Gasteiger partial charge in [-0.25, -0.2) is 0 Å². The standard InChI is InChI=1S/C22H44F3O7P.Li/c1-2-3-4-5-6-7-8-9-10-11-12-13-14-15-16-29-17-21(18-30-19-22(23,24)25)32-33(27,28)31-20-26;/h21,26H,2-20H2,1H3,(H,27,28);/q;+1/p-1/t21-;/m0./s1. The van der Waals surface area contributed by atoms with Crippen LogP contribution in [-0.4, -0.2) is 50.6 Å². The topological polar surface area (TPSA) is 97.3 Å². The van der Waals surface area contributed by atoms with E-state index in [1.165, 1.54) is 64.2 Å². The number of aliphatic hydroxyl groups excluding tert-OH is 1. The molecule has 0 aromatic heterocycles. The normalized spacial score (nSPS) is 14.5. The predicted molar refractivity (Wildman–Crippen MR) is 119 cm³/mol. The molecule has 200 valence electrons. The first-order chi connectivity index (χ1) is 15.7. The van der Waals surface area contributed by atoms with E-state index in [0.717, 1.165) is 25.7 Å². The summed E-state index contributed by atoms with van der Waals surface area (Å²) >= 11 is 0. The summed E-state index contributed by atoms with van der Waals surface area (Å²) in [6, 6.07) is 0. The third-order valence-electron chi connectivity index (χ3n) is 5.01. The minimum absolute atomic E-state index is 0. The van der Waals surface area contributed by atoms with Gasteiger partial charge in [-0.2, -0.15) is 13.2 Å². The van der Waals surface area contributed by atoms with Crippen LogP contribution in [0.1, 0.15) is 96.8 Å². The average Bonchev–Trinajstić information content (AvgIpc) is 2.72. The fraction of sp³-hybridized carbons (Fsp3) is 1.00.